The predicted octanol–water partition coefficient (Wildman–Crippen LogP) is 2.47. The van der Waals surface area contributed by atoms with Crippen LogP contribution in [0.3, 0.4) is 0 Å². The zero-order chi connectivity index (χ0) is 15.9. The molecule has 2 aromatic rings. The molecular formula is C16H21N3O2S. The smallest absolute Gasteiger partial charge is 0.220 e. The molecule has 1 N–H and O–H groups in total. The molecule has 1 aromatic carbocycles. The predicted molar refractivity (Wildman–Crippen MR) is 89.6 cm³/mol. The minimum Gasteiger partial charge on any atom is -0.497 e. The number of benzene rings is 1. The highest BCUT2D eigenvalue weighted by molar-refractivity contribution is 7.13. The molecule has 0 unspecified atom stereocenters. The molecule has 1 heterocycles. The van der Waals surface area contributed by atoms with E-state index in [0.29, 0.717) is 19.4 Å². The van der Waals surface area contributed by atoms with Crippen LogP contribution in [0, 0.1) is 0 Å². The minimum atomic E-state index is 0.0298. The van der Waals surface area contributed by atoms with Crippen molar-refractivity contribution in [1.82, 2.24) is 10.3 Å². The second kappa shape index (κ2) is 7.79. The van der Waals surface area contributed by atoms with E-state index in [4.69, 9.17) is 4.74 Å². The summed E-state index contributed by atoms with van der Waals surface area (Å²) in [5, 5.41) is 5.82. The number of hydrogen-bond donors (Lipinski definition) is 1. The number of aryl methyl sites for hydroxylation is 1. The summed E-state index contributed by atoms with van der Waals surface area (Å²) in [5.41, 5.74) is 1.99. The normalized spacial score (nSPS) is 10.3. The third-order valence-electron chi connectivity index (χ3n) is 3.16. The SMILES string of the molecule is COc1cccc(CCC(=O)NCc2csc(N(C)C)n2)c1. The topological polar surface area (TPSA) is 54.5 Å². The first kappa shape index (κ1) is 16.3. The van der Waals surface area contributed by atoms with E-state index in [-0.39, 0.29) is 5.91 Å². The van der Waals surface area contributed by atoms with E-state index in [1.807, 2.05) is 48.6 Å². The maximum Gasteiger partial charge on any atom is 0.220 e. The highest BCUT2D eigenvalue weighted by Crippen LogP contribution is 2.17. The van der Waals surface area contributed by atoms with Gasteiger partial charge in [-0.1, -0.05) is 12.1 Å². The Morgan fingerprint density at radius 3 is 2.91 bits per heavy atom. The van der Waals surface area contributed by atoms with E-state index in [0.717, 1.165) is 22.1 Å². The van der Waals surface area contributed by atoms with Gasteiger partial charge in [-0.25, -0.2) is 4.98 Å². The van der Waals surface area contributed by atoms with Crippen LogP contribution in [0.5, 0.6) is 5.75 Å². The van der Waals surface area contributed by atoms with Gasteiger partial charge in [-0.05, 0) is 24.1 Å². The number of carbonyl (C=O) groups is 1. The van der Waals surface area contributed by atoms with Crippen molar-refractivity contribution in [3.8, 4) is 5.75 Å². The zero-order valence-corrected chi connectivity index (χ0v) is 13.9. The highest BCUT2D eigenvalue weighted by Gasteiger charge is 2.06. The number of methoxy groups -OCH3 is 1. The van der Waals surface area contributed by atoms with E-state index in [1.165, 1.54) is 0 Å². The van der Waals surface area contributed by atoms with Crippen LogP contribution in [-0.4, -0.2) is 32.1 Å². The van der Waals surface area contributed by atoms with Gasteiger partial charge in [0.2, 0.25) is 5.91 Å². The van der Waals surface area contributed by atoms with Crippen molar-refractivity contribution in [2.24, 2.45) is 0 Å². The monoisotopic (exact) mass is 319 g/mol. The standard InChI is InChI=1S/C16H21N3O2S/c1-19(2)16-18-13(11-22-16)10-17-15(20)8-7-12-5-4-6-14(9-12)21-3/h4-6,9,11H,7-8,10H2,1-3H3,(H,17,20). The number of nitrogens with zero attached hydrogens (tertiary/aromatic N) is 2. The van der Waals surface area contributed by atoms with E-state index >= 15 is 0 Å². The minimum absolute atomic E-state index is 0.0298. The summed E-state index contributed by atoms with van der Waals surface area (Å²) in [6.07, 6.45) is 1.15. The molecule has 0 radical (unpaired) electrons. The third-order valence-corrected chi connectivity index (χ3v) is 4.22. The number of anilines is 1. The summed E-state index contributed by atoms with van der Waals surface area (Å²) in [6.45, 7) is 0.473. The number of ether oxygens (including phenoxy) is 1. The van der Waals surface area contributed by atoms with Crippen molar-refractivity contribution in [3.05, 3.63) is 40.9 Å². The van der Waals surface area contributed by atoms with Crippen LogP contribution in [0.4, 0.5) is 5.13 Å². The Hall–Kier alpha value is -2.08. The number of carbonyl (C=O) groups excluding carboxylic acids is 1. The molecule has 0 bridgehead atoms. The van der Waals surface area contributed by atoms with Crippen molar-refractivity contribution in [3.63, 3.8) is 0 Å². The Labute approximate surface area is 134 Å². The van der Waals surface area contributed by atoms with E-state index in [2.05, 4.69) is 10.3 Å². The van der Waals surface area contributed by atoms with E-state index in [1.54, 1.807) is 18.4 Å². The molecule has 0 spiro atoms. The number of thiazole rings is 1. The molecule has 22 heavy (non-hydrogen) atoms. The van der Waals surface area contributed by atoms with E-state index < -0.39 is 0 Å². The number of aromatic nitrogens is 1. The summed E-state index contributed by atoms with van der Waals surface area (Å²) in [5.74, 6) is 0.846. The Morgan fingerprint density at radius 2 is 2.23 bits per heavy atom. The largest absolute Gasteiger partial charge is 0.497 e. The first-order valence-electron chi connectivity index (χ1n) is 7.10. The number of nitrogens with one attached hydrogen (secondary N) is 1. The lowest BCUT2D eigenvalue weighted by Crippen LogP contribution is -2.23. The summed E-state index contributed by atoms with van der Waals surface area (Å²) >= 11 is 1.57. The molecule has 0 saturated heterocycles. The second-order valence-corrected chi connectivity index (χ2v) is 5.98. The third kappa shape index (κ3) is 4.73. The molecule has 0 atom stereocenters. The number of hydrogen-bond acceptors (Lipinski definition) is 5. The number of rotatable bonds is 7. The maximum absolute atomic E-state index is 11.9. The summed E-state index contributed by atoms with van der Waals surface area (Å²) in [7, 11) is 5.55. The second-order valence-electron chi connectivity index (χ2n) is 5.14. The lowest BCUT2D eigenvalue weighted by Gasteiger charge is -2.06. The van der Waals surface area contributed by atoms with Crippen LogP contribution in [0.2, 0.25) is 0 Å². The van der Waals surface area contributed by atoms with Crippen LogP contribution in [0.25, 0.3) is 0 Å². The lowest BCUT2D eigenvalue weighted by molar-refractivity contribution is -0.121. The van der Waals surface area contributed by atoms with Gasteiger partial charge < -0.3 is 15.0 Å². The molecule has 0 aliphatic carbocycles. The lowest BCUT2D eigenvalue weighted by atomic mass is 10.1. The molecule has 2 rings (SSSR count). The average molecular weight is 319 g/mol. The van der Waals surface area contributed by atoms with Gasteiger partial charge in [0.05, 0.1) is 19.3 Å². The first-order valence-corrected chi connectivity index (χ1v) is 7.98. The average Bonchev–Trinajstić information content (AvgIpc) is 3.00. The van der Waals surface area contributed by atoms with Gasteiger partial charge >= 0.3 is 0 Å². The number of amides is 1. The Balaban J connectivity index is 1.77. The van der Waals surface area contributed by atoms with Gasteiger partial charge in [0, 0.05) is 25.9 Å². The molecule has 5 nitrogen and oxygen atoms in total. The van der Waals surface area contributed by atoms with Crippen molar-refractivity contribution in [2.75, 3.05) is 26.1 Å². The van der Waals surface area contributed by atoms with Crippen LogP contribution in [-0.2, 0) is 17.8 Å². The van der Waals surface area contributed by atoms with Crippen LogP contribution in [0.15, 0.2) is 29.6 Å². The fourth-order valence-electron chi connectivity index (χ4n) is 1.95. The van der Waals surface area contributed by atoms with Crippen LogP contribution < -0.4 is 15.0 Å². The fourth-order valence-corrected chi connectivity index (χ4v) is 2.70. The fraction of sp³-hybridized carbons (Fsp3) is 0.375. The highest BCUT2D eigenvalue weighted by atomic mass is 32.1. The maximum atomic E-state index is 11.9. The van der Waals surface area contributed by atoms with Gasteiger partial charge in [0.1, 0.15) is 5.75 Å². The van der Waals surface area contributed by atoms with Crippen molar-refractivity contribution < 1.29 is 9.53 Å². The molecule has 0 saturated carbocycles. The van der Waals surface area contributed by atoms with Crippen molar-refractivity contribution in [1.29, 1.82) is 0 Å². The Kier molecular flexibility index (Phi) is 5.77. The molecule has 1 aromatic heterocycles. The van der Waals surface area contributed by atoms with Crippen molar-refractivity contribution >= 4 is 22.4 Å². The van der Waals surface area contributed by atoms with Gasteiger partial charge in [-0.3, -0.25) is 4.79 Å². The molecule has 0 aliphatic heterocycles. The molecule has 6 heteroatoms. The Morgan fingerprint density at radius 1 is 1.41 bits per heavy atom. The summed E-state index contributed by atoms with van der Waals surface area (Å²) < 4.78 is 5.18. The van der Waals surface area contributed by atoms with E-state index in [9.17, 15) is 4.79 Å². The van der Waals surface area contributed by atoms with Crippen LogP contribution >= 0.6 is 11.3 Å². The molecule has 1 amide bonds. The summed E-state index contributed by atoms with van der Waals surface area (Å²) in [4.78, 5) is 18.3. The molecule has 0 fully saturated rings. The quantitative estimate of drug-likeness (QED) is 0.852. The Bertz CT molecular complexity index is 625. The van der Waals surface area contributed by atoms with Gasteiger partial charge in [0.15, 0.2) is 5.13 Å². The first-order chi connectivity index (χ1) is 10.6. The van der Waals surface area contributed by atoms with Crippen molar-refractivity contribution in [2.45, 2.75) is 19.4 Å². The molecular weight excluding hydrogens is 298 g/mol. The zero-order valence-electron chi connectivity index (χ0n) is 13.1. The van der Waals surface area contributed by atoms with Gasteiger partial charge in [0.25, 0.3) is 0 Å². The molecule has 0 aliphatic rings. The van der Waals surface area contributed by atoms with Crippen LogP contribution in [0.1, 0.15) is 17.7 Å². The van der Waals surface area contributed by atoms with Gasteiger partial charge in [-0.2, -0.15) is 0 Å². The van der Waals surface area contributed by atoms with Gasteiger partial charge in [-0.15, -0.1) is 11.3 Å². The summed E-state index contributed by atoms with van der Waals surface area (Å²) in [6, 6.07) is 7.79. The molecule has 118 valence electrons.